The summed E-state index contributed by atoms with van der Waals surface area (Å²) >= 11 is 0. The Bertz CT molecular complexity index is 467. The van der Waals surface area contributed by atoms with Crippen LogP contribution in [-0.4, -0.2) is 37.3 Å². The molecule has 1 saturated carbocycles. The summed E-state index contributed by atoms with van der Waals surface area (Å²) in [6, 6.07) is 5.14. The van der Waals surface area contributed by atoms with Gasteiger partial charge in [0, 0.05) is 38.5 Å². The van der Waals surface area contributed by atoms with Crippen LogP contribution < -0.4 is 10.2 Å². The number of hydrogen-bond acceptors (Lipinski definition) is 4. The summed E-state index contributed by atoms with van der Waals surface area (Å²) in [5.41, 5.74) is 2.43. The first-order valence-electron chi connectivity index (χ1n) is 8.24. The van der Waals surface area contributed by atoms with Gasteiger partial charge in [-0.1, -0.05) is 0 Å². The lowest BCUT2D eigenvalue weighted by Crippen LogP contribution is -2.34. The first-order chi connectivity index (χ1) is 10.2. The average molecular weight is 289 g/mol. The SMILES string of the molecule is Cc1cc(CNC2CC2)cc(N(C)CC2CCCCO2)n1. The van der Waals surface area contributed by atoms with E-state index in [-0.39, 0.29) is 0 Å². The van der Waals surface area contributed by atoms with Crippen LogP contribution in [-0.2, 0) is 11.3 Å². The molecule has 1 aromatic rings. The quantitative estimate of drug-likeness (QED) is 0.873. The van der Waals surface area contributed by atoms with Crippen LogP contribution in [0.4, 0.5) is 5.82 Å². The van der Waals surface area contributed by atoms with E-state index in [2.05, 4.69) is 41.3 Å². The smallest absolute Gasteiger partial charge is 0.128 e. The molecule has 0 aromatic carbocycles. The average Bonchev–Trinajstić information content (AvgIpc) is 3.30. The molecule has 1 aliphatic carbocycles. The summed E-state index contributed by atoms with van der Waals surface area (Å²) in [6.45, 7) is 4.88. The largest absolute Gasteiger partial charge is 0.376 e. The van der Waals surface area contributed by atoms with Gasteiger partial charge in [-0.25, -0.2) is 4.98 Å². The van der Waals surface area contributed by atoms with Gasteiger partial charge in [0.1, 0.15) is 5.82 Å². The Balaban J connectivity index is 1.61. The molecule has 1 saturated heterocycles. The van der Waals surface area contributed by atoms with Gasteiger partial charge in [0.05, 0.1) is 6.10 Å². The number of rotatable bonds is 6. The monoisotopic (exact) mass is 289 g/mol. The van der Waals surface area contributed by atoms with Crippen molar-refractivity contribution < 1.29 is 4.74 Å². The normalized spacial score (nSPS) is 22.3. The molecule has 1 unspecified atom stereocenters. The fourth-order valence-electron chi connectivity index (χ4n) is 2.92. The van der Waals surface area contributed by atoms with Crippen LogP contribution in [0, 0.1) is 6.92 Å². The number of likely N-dealkylation sites (N-methyl/N-ethyl adjacent to an activating group) is 1. The van der Waals surface area contributed by atoms with E-state index in [0.29, 0.717) is 6.10 Å². The van der Waals surface area contributed by atoms with Crippen LogP contribution in [0.25, 0.3) is 0 Å². The van der Waals surface area contributed by atoms with E-state index in [9.17, 15) is 0 Å². The molecule has 116 valence electrons. The molecule has 1 aliphatic heterocycles. The number of ether oxygens (including phenoxy) is 1. The molecule has 1 atom stereocenters. The molecule has 0 radical (unpaired) electrons. The lowest BCUT2D eigenvalue weighted by atomic mass is 10.1. The number of pyridine rings is 1. The van der Waals surface area contributed by atoms with Gasteiger partial charge in [-0.2, -0.15) is 0 Å². The molecular weight excluding hydrogens is 262 g/mol. The van der Waals surface area contributed by atoms with Crippen molar-refractivity contribution in [2.24, 2.45) is 0 Å². The lowest BCUT2D eigenvalue weighted by molar-refractivity contribution is 0.0215. The van der Waals surface area contributed by atoms with Gasteiger partial charge < -0.3 is 15.0 Å². The molecule has 0 bridgehead atoms. The molecule has 0 spiro atoms. The Kier molecular flexibility index (Phi) is 4.76. The summed E-state index contributed by atoms with van der Waals surface area (Å²) in [5.74, 6) is 1.07. The minimum Gasteiger partial charge on any atom is -0.376 e. The Morgan fingerprint density at radius 1 is 1.29 bits per heavy atom. The summed E-state index contributed by atoms with van der Waals surface area (Å²) < 4.78 is 5.84. The minimum atomic E-state index is 0.360. The molecule has 21 heavy (non-hydrogen) atoms. The number of hydrogen-bond donors (Lipinski definition) is 1. The first kappa shape index (κ1) is 14.8. The summed E-state index contributed by atoms with van der Waals surface area (Å²) in [7, 11) is 2.12. The maximum atomic E-state index is 5.84. The topological polar surface area (TPSA) is 37.4 Å². The Labute approximate surface area is 127 Å². The van der Waals surface area contributed by atoms with Crippen molar-refractivity contribution in [3.63, 3.8) is 0 Å². The number of aromatic nitrogens is 1. The Morgan fingerprint density at radius 3 is 2.86 bits per heavy atom. The van der Waals surface area contributed by atoms with Gasteiger partial charge in [0.2, 0.25) is 0 Å². The van der Waals surface area contributed by atoms with E-state index in [1.165, 1.54) is 37.7 Å². The fourth-order valence-corrected chi connectivity index (χ4v) is 2.92. The van der Waals surface area contributed by atoms with Gasteiger partial charge in [0.15, 0.2) is 0 Å². The van der Waals surface area contributed by atoms with E-state index in [0.717, 1.165) is 37.3 Å². The molecule has 1 N–H and O–H groups in total. The predicted octanol–water partition coefficient (Wildman–Crippen LogP) is 2.65. The fraction of sp³-hybridized carbons (Fsp3) is 0.706. The van der Waals surface area contributed by atoms with Crippen molar-refractivity contribution >= 4 is 5.82 Å². The van der Waals surface area contributed by atoms with Crippen LogP contribution in [0.3, 0.4) is 0 Å². The third kappa shape index (κ3) is 4.42. The maximum absolute atomic E-state index is 5.84. The highest BCUT2D eigenvalue weighted by Crippen LogP contribution is 2.21. The minimum absolute atomic E-state index is 0.360. The molecule has 1 aromatic heterocycles. The molecule has 2 heterocycles. The zero-order chi connectivity index (χ0) is 14.7. The van der Waals surface area contributed by atoms with Crippen molar-refractivity contribution in [3.05, 3.63) is 23.4 Å². The highest BCUT2D eigenvalue weighted by atomic mass is 16.5. The Morgan fingerprint density at radius 2 is 2.14 bits per heavy atom. The van der Waals surface area contributed by atoms with Crippen molar-refractivity contribution in [2.75, 3.05) is 25.1 Å². The van der Waals surface area contributed by atoms with Crippen LogP contribution in [0.1, 0.15) is 43.4 Å². The zero-order valence-electron chi connectivity index (χ0n) is 13.3. The summed E-state index contributed by atoms with van der Waals surface area (Å²) in [5, 5.41) is 3.58. The summed E-state index contributed by atoms with van der Waals surface area (Å²) in [4.78, 5) is 6.92. The molecule has 0 amide bonds. The van der Waals surface area contributed by atoms with Crippen LogP contribution in [0.5, 0.6) is 0 Å². The highest BCUT2D eigenvalue weighted by Gasteiger charge is 2.20. The Hall–Kier alpha value is -1.13. The zero-order valence-corrected chi connectivity index (χ0v) is 13.3. The molecular formula is C17H27N3O. The van der Waals surface area contributed by atoms with Crippen LogP contribution in [0.2, 0.25) is 0 Å². The lowest BCUT2D eigenvalue weighted by Gasteiger charge is -2.28. The molecule has 3 rings (SSSR count). The van der Waals surface area contributed by atoms with Gasteiger partial charge in [-0.3, -0.25) is 0 Å². The highest BCUT2D eigenvalue weighted by molar-refractivity contribution is 5.42. The van der Waals surface area contributed by atoms with Gasteiger partial charge >= 0.3 is 0 Å². The number of anilines is 1. The van der Waals surface area contributed by atoms with E-state index in [1.807, 2.05) is 0 Å². The van der Waals surface area contributed by atoms with E-state index in [4.69, 9.17) is 4.74 Å². The van der Waals surface area contributed by atoms with E-state index < -0.39 is 0 Å². The molecule has 4 heteroatoms. The first-order valence-corrected chi connectivity index (χ1v) is 8.24. The van der Waals surface area contributed by atoms with Crippen molar-refractivity contribution in [2.45, 2.75) is 57.7 Å². The van der Waals surface area contributed by atoms with Crippen molar-refractivity contribution in [3.8, 4) is 0 Å². The number of nitrogens with zero attached hydrogens (tertiary/aromatic N) is 2. The van der Waals surface area contributed by atoms with E-state index >= 15 is 0 Å². The molecule has 2 fully saturated rings. The molecule has 2 aliphatic rings. The standard InChI is InChI=1S/C17H27N3O/c1-13-9-14(11-18-15-6-7-15)10-17(19-13)20(2)12-16-5-3-4-8-21-16/h9-10,15-16,18H,3-8,11-12H2,1-2H3. The predicted molar refractivity (Wildman–Crippen MR) is 85.7 cm³/mol. The third-order valence-corrected chi connectivity index (χ3v) is 4.31. The second kappa shape index (κ2) is 6.75. The third-order valence-electron chi connectivity index (χ3n) is 4.31. The summed E-state index contributed by atoms with van der Waals surface area (Å²) in [6.07, 6.45) is 6.69. The van der Waals surface area contributed by atoms with E-state index in [1.54, 1.807) is 0 Å². The van der Waals surface area contributed by atoms with Crippen LogP contribution in [0.15, 0.2) is 12.1 Å². The van der Waals surface area contributed by atoms with Gasteiger partial charge in [-0.05, 0) is 56.7 Å². The van der Waals surface area contributed by atoms with Crippen LogP contribution >= 0.6 is 0 Å². The van der Waals surface area contributed by atoms with Gasteiger partial charge in [0.25, 0.3) is 0 Å². The van der Waals surface area contributed by atoms with Crippen molar-refractivity contribution in [1.82, 2.24) is 10.3 Å². The number of nitrogens with one attached hydrogen (secondary N) is 1. The number of aryl methyl sites for hydroxylation is 1. The van der Waals surface area contributed by atoms with Gasteiger partial charge in [-0.15, -0.1) is 0 Å². The second-order valence-corrected chi connectivity index (χ2v) is 6.50. The second-order valence-electron chi connectivity index (χ2n) is 6.50. The maximum Gasteiger partial charge on any atom is 0.128 e. The van der Waals surface area contributed by atoms with Crippen molar-refractivity contribution in [1.29, 1.82) is 0 Å². The molecule has 4 nitrogen and oxygen atoms in total.